The number of amides is 1. The SMILES string of the molecule is Cc1cc(C)c2nc(N(Cc3ccccn3)C(=O)c3c(C)nc4ccccn34)sc2c1. The molecule has 0 aliphatic carbocycles. The van der Waals surface area contributed by atoms with Crippen LogP contribution in [0, 0.1) is 20.8 Å². The zero-order valence-electron chi connectivity index (χ0n) is 17.5. The summed E-state index contributed by atoms with van der Waals surface area (Å²) in [4.78, 5) is 29.5. The van der Waals surface area contributed by atoms with E-state index in [1.165, 1.54) is 16.9 Å². The highest BCUT2D eigenvalue weighted by Gasteiger charge is 2.27. The van der Waals surface area contributed by atoms with Crippen molar-refractivity contribution in [2.45, 2.75) is 27.3 Å². The number of benzene rings is 1. The van der Waals surface area contributed by atoms with Crippen molar-refractivity contribution in [3.8, 4) is 0 Å². The van der Waals surface area contributed by atoms with Gasteiger partial charge in [-0.15, -0.1) is 0 Å². The van der Waals surface area contributed by atoms with Crippen molar-refractivity contribution in [3.63, 3.8) is 0 Å². The van der Waals surface area contributed by atoms with Crippen molar-refractivity contribution in [2.75, 3.05) is 4.90 Å². The molecule has 5 aromatic rings. The molecule has 0 saturated carbocycles. The zero-order chi connectivity index (χ0) is 21.5. The average Bonchev–Trinajstić information content (AvgIpc) is 3.32. The molecule has 0 atom stereocenters. The first-order valence-electron chi connectivity index (χ1n) is 10.0. The highest BCUT2D eigenvalue weighted by molar-refractivity contribution is 7.22. The molecule has 4 heterocycles. The van der Waals surface area contributed by atoms with E-state index < -0.39 is 0 Å². The summed E-state index contributed by atoms with van der Waals surface area (Å²) >= 11 is 1.53. The van der Waals surface area contributed by atoms with Gasteiger partial charge in [-0.05, 0) is 62.2 Å². The number of thiazole rings is 1. The number of hydrogen-bond acceptors (Lipinski definition) is 5. The van der Waals surface area contributed by atoms with E-state index in [0.717, 1.165) is 27.1 Å². The maximum atomic E-state index is 13.9. The van der Waals surface area contributed by atoms with Crippen molar-refractivity contribution in [3.05, 3.63) is 89.1 Å². The monoisotopic (exact) mass is 427 g/mol. The van der Waals surface area contributed by atoms with Gasteiger partial charge in [-0.3, -0.25) is 19.1 Å². The molecule has 0 spiro atoms. The summed E-state index contributed by atoms with van der Waals surface area (Å²) in [5.41, 5.74) is 5.99. The normalized spacial score (nSPS) is 11.3. The Morgan fingerprint density at radius 3 is 2.71 bits per heavy atom. The molecule has 0 radical (unpaired) electrons. The predicted octanol–water partition coefficient (Wildman–Crippen LogP) is 5.11. The third kappa shape index (κ3) is 3.47. The van der Waals surface area contributed by atoms with Gasteiger partial charge < -0.3 is 0 Å². The number of imidazole rings is 1. The van der Waals surface area contributed by atoms with Gasteiger partial charge in [0, 0.05) is 12.4 Å². The molecule has 7 heteroatoms. The zero-order valence-corrected chi connectivity index (χ0v) is 18.3. The molecule has 1 aromatic carbocycles. The fourth-order valence-electron chi connectivity index (χ4n) is 3.85. The number of aryl methyl sites for hydroxylation is 3. The van der Waals surface area contributed by atoms with Crippen LogP contribution in [0.5, 0.6) is 0 Å². The number of pyridine rings is 2. The molecule has 31 heavy (non-hydrogen) atoms. The Morgan fingerprint density at radius 1 is 1.06 bits per heavy atom. The molecule has 154 valence electrons. The quantitative estimate of drug-likeness (QED) is 0.400. The summed E-state index contributed by atoms with van der Waals surface area (Å²) in [6.07, 6.45) is 3.61. The minimum absolute atomic E-state index is 0.143. The van der Waals surface area contributed by atoms with Gasteiger partial charge in [0.1, 0.15) is 11.3 Å². The minimum atomic E-state index is -0.143. The molecule has 1 amide bonds. The molecule has 0 fully saturated rings. The van der Waals surface area contributed by atoms with Gasteiger partial charge >= 0.3 is 0 Å². The van der Waals surface area contributed by atoms with Crippen LogP contribution in [0.4, 0.5) is 5.13 Å². The highest BCUT2D eigenvalue weighted by Crippen LogP contribution is 2.33. The van der Waals surface area contributed by atoms with Gasteiger partial charge in [0.25, 0.3) is 5.91 Å². The van der Waals surface area contributed by atoms with Crippen LogP contribution in [0.15, 0.2) is 60.9 Å². The van der Waals surface area contributed by atoms with E-state index in [0.29, 0.717) is 23.1 Å². The van der Waals surface area contributed by atoms with Crippen LogP contribution < -0.4 is 4.90 Å². The molecular weight excluding hydrogens is 406 g/mol. The number of rotatable bonds is 4. The molecule has 5 rings (SSSR count). The number of carbonyl (C=O) groups is 1. The molecule has 6 nitrogen and oxygen atoms in total. The summed E-state index contributed by atoms with van der Waals surface area (Å²) in [6, 6.07) is 15.7. The van der Waals surface area contributed by atoms with Gasteiger partial charge in [0.15, 0.2) is 5.13 Å². The molecular formula is C24H21N5OS. The van der Waals surface area contributed by atoms with E-state index in [1.807, 2.05) is 53.9 Å². The van der Waals surface area contributed by atoms with Crippen LogP contribution in [-0.4, -0.2) is 25.3 Å². The highest BCUT2D eigenvalue weighted by atomic mass is 32.1. The van der Waals surface area contributed by atoms with E-state index >= 15 is 0 Å². The lowest BCUT2D eigenvalue weighted by molar-refractivity contribution is 0.0978. The first-order valence-corrected chi connectivity index (χ1v) is 10.9. The maximum Gasteiger partial charge on any atom is 0.279 e. The lowest BCUT2D eigenvalue weighted by atomic mass is 10.1. The maximum absolute atomic E-state index is 13.9. The van der Waals surface area contributed by atoms with E-state index in [4.69, 9.17) is 4.98 Å². The fraction of sp³-hybridized carbons (Fsp3) is 0.167. The lowest BCUT2D eigenvalue weighted by Gasteiger charge is -2.19. The van der Waals surface area contributed by atoms with Crippen LogP contribution in [0.25, 0.3) is 15.9 Å². The number of aromatic nitrogens is 4. The van der Waals surface area contributed by atoms with E-state index in [2.05, 4.69) is 35.9 Å². The lowest BCUT2D eigenvalue weighted by Crippen LogP contribution is -2.32. The predicted molar refractivity (Wildman–Crippen MR) is 124 cm³/mol. The number of anilines is 1. The standard InChI is InChI=1S/C24H21N5OS/c1-15-12-16(2)21-19(13-15)31-24(27-21)29(14-18-8-4-6-10-25-18)23(30)22-17(3)26-20-9-5-7-11-28(20)22/h4-13H,14H2,1-3H3. The summed E-state index contributed by atoms with van der Waals surface area (Å²) < 4.78 is 2.91. The summed E-state index contributed by atoms with van der Waals surface area (Å²) in [5, 5.41) is 0.657. The van der Waals surface area contributed by atoms with Crippen LogP contribution in [-0.2, 0) is 6.54 Å². The van der Waals surface area contributed by atoms with Crippen LogP contribution in [0.3, 0.4) is 0 Å². The number of nitrogens with zero attached hydrogens (tertiary/aromatic N) is 5. The van der Waals surface area contributed by atoms with Crippen LogP contribution in [0.1, 0.15) is 33.0 Å². The molecule has 0 N–H and O–H groups in total. The molecule has 0 unspecified atom stereocenters. The van der Waals surface area contributed by atoms with Gasteiger partial charge in [0.05, 0.1) is 28.1 Å². The topological polar surface area (TPSA) is 63.4 Å². The Labute approximate surface area is 183 Å². The molecule has 4 aromatic heterocycles. The smallest absolute Gasteiger partial charge is 0.279 e. The number of fused-ring (bicyclic) bond motifs is 2. The first-order chi connectivity index (χ1) is 15.0. The van der Waals surface area contributed by atoms with Gasteiger partial charge in [-0.1, -0.05) is 29.5 Å². The molecule has 0 saturated heterocycles. The number of carbonyl (C=O) groups excluding carboxylic acids is 1. The Bertz CT molecular complexity index is 1420. The van der Waals surface area contributed by atoms with Crippen LogP contribution in [0.2, 0.25) is 0 Å². The molecule has 0 aliphatic rings. The summed E-state index contributed by atoms with van der Waals surface area (Å²) in [7, 11) is 0. The van der Waals surface area contributed by atoms with E-state index in [1.54, 1.807) is 11.1 Å². The Balaban J connectivity index is 1.66. The van der Waals surface area contributed by atoms with Crippen molar-refractivity contribution >= 4 is 38.2 Å². The van der Waals surface area contributed by atoms with Crippen molar-refractivity contribution in [2.24, 2.45) is 0 Å². The van der Waals surface area contributed by atoms with Gasteiger partial charge in [-0.25, -0.2) is 9.97 Å². The van der Waals surface area contributed by atoms with Crippen LogP contribution >= 0.6 is 11.3 Å². The summed E-state index contributed by atoms with van der Waals surface area (Å²) in [6.45, 7) is 6.32. The third-order valence-corrected chi connectivity index (χ3v) is 6.27. The fourth-order valence-corrected chi connectivity index (χ4v) is 4.99. The van der Waals surface area contributed by atoms with Crippen molar-refractivity contribution < 1.29 is 4.79 Å². The first kappa shape index (κ1) is 19.4. The second-order valence-corrected chi connectivity index (χ2v) is 8.62. The number of hydrogen-bond donors (Lipinski definition) is 0. The summed E-state index contributed by atoms with van der Waals surface area (Å²) in [5.74, 6) is -0.143. The molecule has 0 aliphatic heterocycles. The van der Waals surface area contributed by atoms with Crippen molar-refractivity contribution in [1.82, 2.24) is 19.4 Å². The van der Waals surface area contributed by atoms with Gasteiger partial charge in [-0.2, -0.15) is 0 Å². The Morgan fingerprint density at radius 2 is 1.90 bits per heavy atom. The molecule has 0 bridgehead atoms. The Hall–Kier alpha value is -3.58. The van der Waals surface area contributed by atoms with E-state index in [9.17, 15) is 4.79 Å². The largest absolute Gasteiger partial charge is 0.295 e. The average molecular weight is 428 g/mol. The van der Waals surface area contributed by atoms with E-state index in [-0.39, 0.29) is 5.91 Å². The second-order valence-electron chi connectivity index (χ2n) is 7.61. The second kappa shape index (κ2) is 7.59. The Kier molecular flexibility index (Phi) is 4.75. The third-order valence-electron chi connectivity index (χ3n) is 5.25. The minimum Gasteiger partial charge on any atom is -0.295 e. The van der Waals surface area contributed by atoms with Crippen molar-refractivity contribution in [1.29, 1.82) is 0 Å². The van der Waals surface area contributed by atoms with Gasteiger partial charge in [0.2, 0.25) is 0 Å².